The van der Waals surface area contributed by atoms with Gasteiger partial charge in [0.2, 0.25) is 0 Å². The van der Waals surface area contributed by atoms with E-state index in [-0.39, 0.29) is 0 Å². The molecule has 21 heavy (non-hydrogen) atoms. The van der Waals surface area contributed by atoms with Crippen LogP contribution in [0, 0.1) is 0 Å². The number of aromatic carboxylic acids is 1. The molecule has 0 aliphatic carbocycles. The molecule has 108 valence electrons. The molecule has 4 nitrogen and oxygen atoms in total. The average Bonchev–Trinajstić information content (AvgIpc) is 2.53. The topological polar surface area (TPSA) is 62.2 Å². The van der Waals surface area contributed by atoms with Crippen LogP contribution in [-0.2, 0) is 19.3 Å². The van der Waals surface area contributed by atoms with Crippen molar-refractivity contribution in [2.24, 2.45) is 0 Å². The Bertz CT molecular complexity index is 650. The van der Waals surface area contributed by atoms with Gasteiger partial charge in [0.1, 0.15) is 5.82 Å². The van der Waals surface area contributed by atoms with Crippen molar-refractivity contribution >= 4 is 11.8 Å². The lowest BCUT2D eigenvalue weighted by Crippen LogP contribution is -2.14. The molecule has 0 spiro atoms. The van der Waals surface area contributed by atoms with Crippen LogP contribution in [0.3, 0.4) is 0 Å². The van der Waals surface area contributed by atoms with E-state index in [4.69, 9.17) is 5.11 Å². The molecule has 1 aliphatic heterocycles. The number of carbonyl (C=O) groups is 1. The van der Waals surface area contributed by atoms with Gasteiger partial charge in [-0.15, -0.1) is 0 Å². The van der Waals surface area contributed by atoms with Crippen LogP contribution in [0.5, 0.6) is 0 Å². The van der Waals surface area contributed by atoms with E-state index < -0.39 is 5.97 Å². The number of benzene rings is 1. The van der Waals surface area contributed by atoms with E-state index in [1.165, 1.54) is 12.0 Å². The highest BCUT2D eigenvalue weighted by Gasteiger charge is 2.10. The summed E-state index contributed by atoms with van der Waals surface area (Å²) in [7, 11) is 0. The first-order valence-corrected chi connectivity index (χ1v) is 7.27. The van der Waals surface area contributed by atoms with Gasteiger partial charge < -0.3 is 10.4 Å². The van der Waals surface area contributed by atoms with Crippen molar-refractivity contribution in [3.63, 3.8) is 0 Å². The number of aryl methyl sites for hydroxylation is 3. The summed E-state index contributed by atoms with van der Waals surface area (Å²) < 4.78 is 0. The Kier molecular flexibility index (Phi) is 3.86. The number of carboxylic acids is 1. The van der Waals surface area contributed by atoms with Crippen LogP contribution in [0.15, 0.2) is 36.4 Å². The zero-order chi connectivity index (χ0) is 14.7. The Labute approximate surface area is 123 Å². The number of carboxylic acid groups (broad SMARTS) is 1. The fraction of sp³-hybridized carbons (Fsp3) is 0.294. The first kappa shape index (κ1) is 13.6. The minimum Gasteiger partial charge on any atom is -0.478 e. The van der Waals surface area contributed by atoms with Crippen LogP contribution in [0.4, 0.5) is 5.82 Å². The molecule has 0 radical (unpaired) electrons. The molecule has 0 bridgehead atoms. The summed E-state index contributed by atoms with van der Waals surface area (Å²) in [5.74, 6) is 0.143. The molecule has 0 saturated heterocycles. The summed E-state index contributed by atoms with van der Waals surface area (Å²) in [6.07, 6.45) is 4.00. The Hall–Kier alpha value is -2.36. The lowest BCUT2D eigenvalue weighted by Gasteiger charge is -2.17. The van der Waals surface area contributed by atoms with Crippen molar-refractivity contribution in [2.75, 3.05) is 11.9 Å². The number of hydrogen-bond acceptors (Lipinski definition) is 3. The van der Waals surface area contributed by atoms with E-state index in [2.05, 4.69) is 22.4 Å². The number of hydrogen-bond donors (Lipinski definition) is 2. The third-order valence-electron chi connectivity index (χ3n) is 3.82. The summed E-state index contributed by atoms with van der Waals surface area (Å²) in [6.45, 7) is 1.00. The SMILES string of the molecule is O=C(O)c1ccc(CCc2ccc3c(n2)NCCC3)cc1. The van der Waals surface area contributed by atoms with Gasteiger partial charge in [-0.25, -0.2) is 9.78 Å². The molecule has 0 saturated carbocycles. The van der Waals surface area contributed by atoms with Gasteiger partial charge in [0.25, 0.3) is 0 Å². The predicted molar refractivity (Wildman–Crippen MR) is 81.9 cm³/mol. The quantitative estimate of drug-likeness (QED) is 0.905. The van der Waals surface area contributed by atoms with Gasteiger partial charge in [-0.05, 0) is 55.0 Å². The maximum atomic E-state index is 10.8. The van der Waals surface area contributed by atoms with Gasteiger partial charge in [-0.1, -0.05) is 18.2 Å². The first-order chi connectivity index (χ1) is 10.2. The van der Waals surface area contributed by atoms with Crippen LogP contribution in [-0.4, -0.2) is 22.6 Å². The van der Waals surface area contributed by atoms with E-state index in [9.17, 15) is 4.79 Å². The van der Waals surface area contributed by atoms with Crippen molar-refractivity contribution in [2.45, 2.75) is 25.7 Å². The summed E-state index contributed by atoms with van der Waals surface area (Å²) in [6, 6.07) is 11.3. The van der Waals surface area contributed by atoms with Crippen molar-refractivity contribution < 1.29 is 9.90 Å². The largest absolute Gasteiger partial charge is 0.478 e. The lowest BCUT2D eigenvalue weighted by molar-refractivity contribution is 0.0697. The molecular weight excluding hydrogens is 264 g/mol. The average molecular weight is 282 g/mol. The molecule has 2 heterocycles. The minimum atomic E-state index is -0.885. The number of nitrogens with one attached hydrogen (secondary N) is 1. The van der Waals surface area contributed by atoms with E-state index in [1.807, 2.05) is 12.1 Å². The fourth-order valence-electron chi connectivity index (χ4n) is 2.59. The normalized spacial score (nSPS) is 13.3. The van der Waals surface area contributed by atoms with Gasteiger partial charge in [-0.2, -0.15) is 0 Å². The summed E-state index contributed by atoms with van der Waals surface area (Å²) in [4.78, 5) is 15.5. The van der Waals surface area contributed by atoms with Gasteiger partial charge in [-0.3, -0.25) is 0 Å². The molecule has 3 rings (SSSR count). The van der Waals surface area contributed by atoms with E-state index in [0.717, 1.165) is 42.9 Å². The number of rotatable bonds is 4. The highest BCUT2D eigenvalue weighted by atomic mass is 16.4. The standard InChI is InChI=1S/C17H18N2O2/c20-17(21)14-6-3-12(4-7-14)5-9-15-10-8-13-2-1-11-18-16(13)19-15/h3-4,6-8,10H,1-2,5,9,11H2,(H,18,19)(H,20,21). The van der Waals surface area contributed by atoms with Crippen LogP contribution in [0.1, 0.15) is 33.6 Å². The molecule has 1 aromatic carbocycles. The lowest BCUT2D eigenvalue weighted by atomic mass is 10.0. The second-order valence-electron chi connectivity index (χ2n) is 5.34. The fourth-order valence-corrected chi connectivity index (χ4v) is 2.59. The minimum absolute atomic E-state index is 0.329. The number of nitrogens with zero attached hydrogens (tertiary/aromatic N) is 1. The molecule has 0 amide bonds. The van der Waals surface area contributed by atoms with Crippen LogP contribution < -0.4 is 5.32 Å². The molecule has 0 unspecified atom stereocenters. The second-order valence-corrected chi connectivity index (χ2v) is 5.34. The first-order valence-electron chi connectivity index (χ1n) is 7.27. The van der Waals surface area contributed by atoms with E-state index in [0.29, 0.717) is 5.56 Å². The van der Waals surface area contributed by atoms with Gasteiger partial charge >= 0.3 is 5.97 Å². The third kappa shape index (κ3) is 3.21. The molecule has 2 N–H and O–H groups in total. The number of anilines is 1. The maximum Gasteiger partial charge on any atom is 0.335 e. The van der Waals surface area contributed by atoms with E-state index in [1.54, 1.807) is 12.1 Å². The van der Waals surface area contributed by atoms with Crippen molar-refractivity contribution in [1.82, 2.24) is 4.98 Å². The molecule has 0 fully saturated rings. The smallest absolute Gasteiger partial charge is 0.335 e. The van der Waals surface area contributed by atoms with E-state index >= 15 is 0 Å². The van der Waals surface area contributed by atoms with Gasteiger partial charge in [0, 0.05) is 12.2 Å². The third-order valence-corrected chi connectivity index (χ3v) is 3.82. The number of pyridine rings is 1. The van der Waals surface area contributed by atoms with Crippen LogP contribution in [0.2, 0.25) is 0 Å². The zero-order valence-electron chi connectivity index (χ0n) is 11.8. The molecule has 1 aliphatic rings. The second kappa shape index (κ2) is 5.95. The molecular formula is C17H18N2O2. The summed E-state index contributed by atoms with van der Waals surface area (Å²) >= 11 is 0. The van der Waals surface area contributed by atoms with Gasteiger partial charge in [0.05, 0.1) is 5.56 Å². The Morgan fingerprint density at radius 2 is 1.95 bits per heavy atom. The molecule has 1 aromatic heterocycles. The molecule has 2 aromatic rings. The molecule has 4 heteroatoms. The number of fused-ring (bicyclic) bond motifs is 1. The highest BCUT2D eigenvalue weighted by Crippen LogP contribution is 2.20. The maximum absolute atomic E-state index is 10.8. The predicted octanol–water partition coefficient (Wildman–Crippen LogP) is 2.92. The zero-order valence-corrected chi connectivity index (χ0v) is 11.8. The Balaban J connectivity index is 1.65. The van der Waals surface area contributed by atoms with Crippen molar-refractivity contribution in [1.29, 1.82) is 0 Å². The Morgan fingerprint density at radius 1 is 1.14 bits per heavy atom. The number of aromatic nitrogens is 1. The van der Waals surface area contributed by atoms with Crippen molar-refractivity contribution in [3.05, 3.63) is 58.8 Å². The molecule has 0 atom stereocenters. The summed E-state index contributed by atoms with van der Waals surface area (Å²) in [5, 5.41) is 12.2. The highest BCUT2D eigenvalue weighted by molar-refractivity contribution is 5.87. The summed E-state index contributed by atoms with van der Waals surface area (Å²) in [5.41, 5.74) is 3.84. The van der Waals surface area contributed by atoms with Crippen LogP contribution >= 0.6 is 0 Å². The van der Waals surface area contributed by atoms with Crippen molar-refractivity contribution in [3.8, 4) is 0 Å². The monoisotopic (exact) mass is 282 g/mol. The van der Waals surface area contributed by atoms with Gasteiger partial charge in [0.15, 0.2) is 0 Å². The Morgan fingerprint density at radius 3 is 2.71 bits per heavy atom. The van der Waals surface area contributed by atoms with Crippen LogP contribution in [0.25, 0.3) is 0 Å².